The van der Waals surface area contributed by atoms with Crippen LogP contribution in [0.4, 0.5) is 18.9 Å². The first-order valence-corrected chi connectivity index (χ1v) is 4.36. The van der Waals surface area contributed by atoms with E-state index in [-0.39, 0.29) is 15.9 Å². The third-order valence-electron chi connectivity index (χ3n) is 1.64. The fourth-order valence-electron chi connectivity index (χ4n) is 0.997. The minimum absolute atomic E-state index is 0.000162. The Morgan fingerprint density at radius 1 is 1.36 bits per heavy atom. The molecule has 1 aromatic rings. The summed E-state index contributed by atoms with van der Waals surface area (Å²) >= 11 is 2.80. The molecule has 14 heavy (non-hydrogen) atoms. The van der Waals surface area contributed by atoms with Gasteiger partial charge in [-0.3, -0.25) is 0 Å². The Labute approximate surface area is 87.0 Å². The summed E-state index contributed by atoms with van der Waals surface area (Å²) in [6.07, 6.45) is -4.42. The average molecular weight is 270 g/mol. The Bertz CT molecular complexity index is 351. The van der Waals surface area contributed by atoms with Crippen LogP contribution in [0.2, 0.25) is 0 Å². The molecule has 0 aliphatic heterocycles. The molecule has 6 heteroatoms. The molecular formula is C8H7BrF3NO. The molecule has 2 N–H and O–H groups in total. The van der Waals surface area contributed by atoms with E-state index in [9.17, 15) is 13.2 Å². The topological polar surface area (TPSA) is 35.2 Å². The van der Waals surface area contributed by atoms with Crippen molar-refractivity contribution in [2.75, 3.05) is 12.8 Å². The number of hydrogen-bond acceptors (Lipinski definition) is 2. The SMILES string of the molecule is COc1c(N)ccc(C(F)(F)F)c1Br. The number of ether oxygens (including phenoxy) is 1. The lowest BCUT2D eigenvalue weighted by Gasteiger charge is -2.13. The molecule has 0 unspecified atom stereocenters. The highest BCUT2D eigenvalue weighted by Crippen LogP contribution is 2.41. The highest BCUT2D eigenvalue weighted by atomic mass is 79.9. The standard InChI is InChI=1S/C8H7BrF3NO/c1-14-7-5(13)3-2-4(6(7)9)8(10,11)12/h2-3H,13H2,1H3. The highest BCUT2D eigenvalue weighted by Gasteiger charge is 2.34. The Morgan fingerprint density at radius 2 is 1.93 bits per heavy atom. The minimum atomic E-state index is -4.42. The minimum Gasteiger partial charge on any atom is -0.493 e. The summed E-state index contributed by atoms with van der Waals surface area (Å²) in [6, 6.07) is 2.06. The first kappa shape index (κ1) is 11.2. The third-order valence-corrected chi connectivity index (χ3v) is 2.42. The molecule has 0 fully saturated rings. The molecule has 0 spiro atoms. The van der Waals surface area contributed by atoms with Crippen molar-refractivity contribution in [1.29, 1.82) is 0 Å². The van der Waals surface area contributed by atoms with Crippen molar-refractivity contribution in [3.05, 3.63) is 22.2 Å². The molecular weight excluding hydrogens is 263 g/mol. The van der Waals surface area contributed by atoms with Crippen LogP contribution < -0.4 is 10.5 Å². The van der Waals surface area contributed by atoms with Gasteiger partial charge in [0.2, 0.25) is 0 Å². The summed E-state index contributed by atoms with van der Waals surface area (Å²) < 4.78 is 41.7. The summed E-state index contributed by atoms with van der Waals surface area (Å²) in [5, 5.41) is 0. The molecule has 0 atom stereocenters. The number of halogens is 4. The number of hydrogen-bond donors (Lipinski definition) is 1. The molecule has 0 aliphatic rings. The zero-order valence-corrected chi connectivity index (χ0v) is 8.74. The Hall–Kier alpha value is -0.910. The van der Waals surface area contributed by atoms with E-state index >= 15 is 0 Å². The molecule has 0 heterocycles. The lowest BCUT2D eigenvalue weighted by atomic mass is 10.2. The number of rotatable bonds is 1. The summed E-state index contributed by atoms with van der Waals surface area (Å²) in [5.41, 5.74) is 4.78. The maximum absolute atomic E-state index is 12.4. The zero-order valence-electron chi connectivity index (χ0n) is 7.15. The van der Waals surface area contributed by atoms with Crippen LogP contribution in [-0.4, -0.2) is 7.11 Å². The van der Waals surface area contributed by atoms with Crippen molar-refractivity contribution in [3.8, 4) is 5.75 Å². The molecule has 0 aromatic heterocycles. The van der Waals surface area contributed by atoms with Crippen molar-refractivity contribution < 1.29 is 17.9 Å². The van der Waals surface area contributed by atoms with Gasteiger partial charge in [0.15, 0.2) is 5.75 Å². The number of alkyl halides is 3. The molecule has 0 amide bonds. The van der Waals surface area contributed by atoms with Gasteiger partial charge in [-0.15, -0.1) is 0 Å². The number of nitrogen functional groups attached to an aromatic ring is 1. The first-order valence-electron chi connectivity index (χ1n) is 3.57. The van der Waals surface area contributed by atoms with Gasteiger partial charge in [0, 0.05) is 0 Å². The third kappa shape index (κ3) is 1.95. The van der Waals surface area contributed by atoms with E-state index in [0.717, 1.165) is 12.1 Å². The fraction of sp³-hybridized carbons (Fsp3) is 0.250. The van der Waals surface area contributed by atoms with Gasteiger partial charge in [0.05, 0.1) is 22.8 Å². The molecule has 0 aliphatic carbocycles. The smallest absolute Gasteiger partial charge is 0.417 e. The monoisotopic (exact) mass is 269 g/mol. The van der Waals surface area contributed by atoms with Crippen molar-refractivity contribution in [2.24, 2.45) is 0 Å². The molecule has 1 rings (SSSR count). The van der Waals surface area contributed by atoms with Crippen LogP contribution in [-0.2, 0) is 6.18 Å². The molecule has 1 aromatic carbocycles. The largest absolute Gasteiger partial charge is 0.493 e. The van der Waals surface area contributed by atoms with Gasteiger partial charge in [-0.05, 0) is 28.1 Å². The average Bonchev–Trinajstić information content (AvgIpc) is 2.02. The van der Waals surface area contributed by atoms with Crippen LogP contribution >= 0.6 is 15.9 Å². The molecule has 78 valence electrons. The molecule has 2 nitrogen and oxygen atoms in total. The summed E-state index contributed by atoms with van der Waals surface area (Å²) in [4.78, 5) is 0. The van der Waals surface area contributed by atoms with E-state index in [1.54, 1.807) is 0 Å². The van der Waals surface area contributed by atoms with Gasteiger partial charge in [-0.2, -0.15) is 13.2 Å². The normalized spacial score (nSPS) is 11.5. The van der Waals surface area contributed by atoms with Crippen LogP contribution in [0, 0.1) is 0 Å². The lowest BCUT2D eigenvalue weighted by Crippen LogP contribution is -2.07. The van der Waals surface area contributed by atoms with Crippen LogP contribution in [0.15, 0.2) is 16.6 Å². The van der Waals surface area contributed by atoms with Gasteiger partial charge in [-0.1, -0.05) is 0 Å². The van der Waals surface area contributed by atoms with Crippen molar-refractivity contribution in [2.45, 2.75) is 6.18 Å². The van der Waals surface area contributed by atoms with E-state index in [0.29, 0.717) is 0 Å². The van der Waals surface area contributed by atoms with E-state index < -0.39 is 11.7 Å². The summed E-state index contributed by atoms with van der Waals surface area (Å²) in [7, 11) is 1.26. The van der Waals surface area contributed by atoms with Crippen LogP contribution in [0.5, 0.6) is 5.75 Å². The predicted molar refractivity (Wildman–Crippen MR) is 50.1 cm³/mol. The summed E-state index contributed by atoms with van der Waals surface area (Å²) in [6.45, 7) is 0. The van der Waals surface area contributed by atoms with Crippen LogP contribution in [0.3, 0.4) is 0 Å². The number of benzene rings is 1. The van der Waals surface area contributed by atoms with Crippen LogP contribution in [0.25, 0.3) is 0 Å². The van der Waals surface area contributed by atoms with E-state index in [2.05, 4.69) is 15.9 Å². The Balaban J connectivity index is 3.36. The Morgan fingerprint density at radius 3 is 2.36 bits per heavy atom. The number of methoxy groups -OCH3 is 1. The predicted octanol–water partition coefficient (Wildman–Crippen LogP) is 3.06. The Kier molecular flexibility index (Phi) is 2.94. The van der Waals surface area contributed by atoms with Crippen molar-refractivity contribution in [3.63, 3.8) is 0 Å². The van der Waals surface area contributed by atoms with E-state index in [1.807, 2.05) is 0 Å². The second-order valence-electron chi connectivity index (χ2n) is 2.55. The molecule has 0 saturated heterocycles. The molecule has 0 saturated carbocycles. The second-order valence-corrected chi connectivity index (χ2v) is 3.34. The molecule has 0 bridgehead atoms. The van der Waals surface area contributed by atoms with Crippen LogP contribution in [0.1, 0.15) is 5.56 Å². The second kappa shape index (κ2) is 3.68. The van der Waals surface area contributed by atoms with E-state index in [4.69, 9.17) is 10.5 Å². The van der Waals surface area contributed by atoms with Gasteiger partial charge < -0.3 is 10.5 Å². The maximum atomic E-state index is 12.4. The quantitative estimate of drug-likeness (QED) is 0.796. The summed E-state index contributed by atoms with van der Waals surface area (Å²) in [5.74, 6) is -0.000162. The van der Waals surface area contributed by atoms with Gasteiger partial charge >= 0.3 is 6.18 Å². The number of nitrogens with two attached hydrogens (primary N) is 1. The van der Waals surface area contributed by atoms with Crippen molar-refractivity contribution in [1.82, 2.24) is 0 Å². The zero-order chi connectivity index (χ0) is 10.9. The number of anilines is 1. The van der Waals surface area contributed by atoms with Crippen molar-refractivity contribution >= 4 is 21.6 Å². The van der Waals surface area contributed by atoms with Gasteiger partial charge in [0.1, 0.15) is 0 Å². The maximum Gasteiger partial charge on any atom is 0.417 e. The van der Waals surface area contributed by atoms with Gasteiger partial charge in [-0.25, -0.2) is 0 Å². The lowest BCUT2D eigenvalue weighted by molar-refractivity contribution is -0.138. The van der Waals surface area contributed by atoms with Gasteiger partial charge in [0.25, 0.3) is 0 Å². The highest BCUT2D eigenvalue weighted by molar-refractivity contribution is 9.10. The fourth-order valence-corrected chi connectivity index (χ4v) is 1.75. The first-order chi connectivity index (χ1) is 6.38. The molecule has 0 radical (unpaired) electrons. The van der Waals surface area contributed by atoms with E-state index in [1.165, 1.54) is 7.11 Å².